The molecule has 16 heavy (non-hydrogen) atoms. The zero-order valence-electron chi connectivity index (χ0n) is 8.61. The quantitative estimate of drug-likeness (QED) is 0.482. The van der Waals surface area contributed by atoms with E-state index in [1.165, 1.54) is 7.05 Å². The highest BCUT2D eigenvalue weighted by Gasteiger charge is 2.21. The van der Waals surface area contributed by atoms with Gasteiger partial charge in [0.2, 0.25) is 0 Å². The van der Waals surface area contributed by atoms with Crippen LogP contribution in [0.1, 0.15) is 10.4 Å². The van der Waals surface area contributed by atoms with Crippen LogP contribution in [0.3, 0.4) is 0 Å². The molecule has 0 bridgehead atoms. The highest BCUT2D eigenvalue weighted by molar-refractivity contribution is 5.91. The molecule has 0 aromatic heterocycles. The van der Waals surface area contributed by atoms with Gasteiger partial charge in [0.1, 0.15) is 5.69 Å². The van der Waals surface area contributed by atoms with Crippen LogP contribution in [0.15, 0.2) is 12.1 Å². The van der Waals surface area contributed by atoms with E-state index < -0.39 is 22.4 Å². The summed E-state index contributed by atoms with van der Waals surface area (Å²) in [5, 5.41) is 13.0. The molecule has 0 fully saturated rings. The summed E-state index contributed by atoms with van der Waals surface area (Å²) in [5.41, 5.74) is -0.980. The van der Waals surface area contributed by atoms with Gasteiger partial charge in [-0.25, -0.2) is 9.18 Å². The van der Waals surface area contributed by atoms with Crippen LogP contribution in [0.25, 0.3) is 0 Å². The molecule has 0 radical (unpaired) electrons. The van der Waals surface area contributed by atoms with Crippen molar-refractivity contribution >= 4 is 17.3 Å². The molecule has 7 heteroatoms. The highest BCUT2D eigenvalue weighted by Crippen LogP contribution is 2.28. The fraction of sp³-hybridized carbons (Fsp3) is 0.222. The molecule has 0 aliphatic rings. The minimum absolute atomic E-state index is 0.203. The summed E-state index contributed by atoms with van der Waals surface area (Å²) in [6.07, 6.45) is 0. The predicted molar refractivity (Wildman–Crippen MR) is 53.9 cm³/mol. The number of nitrogens with zero attached hydrogens (tertiary/aromatic N) is 1. The fourth-order valence-corrected chi connectivity index (χ4v) is 1.22. The van der Waals surface area contributed by atoms with E-state index in [-0.39, 0.29) is 11.3 Å². The lowest BCUT2D eigenvalue weighted by atomic mass is 10.1. The van der Waals surface area contributed by atoms with Gasteiger partial charge in [-0.1, -0.05) is 0 Å². The minimum atomic E-state index is -0.878. The molecule has 0 saturated heterocycles. The third-order valence-electron chi connectivity index (χ3n) is 1.94. The Balaban J connectivity index is 3.39. The molecule has 1 aromatic rings. The Morgan fingerprint density at radius 1 is 1.56 bits per heavy atom. The van der Waals surface area contributed by atoms with E-state index in [0.717, 1.165) is 19.2 Å². The van der Waals surface area contributed by atoms with E-state index in [2.05, 4.69) is 10.1 Å². The van der Waals surface area contributed by atoms with Crippen LogP contribution in [-0.2, 0) is 4.74 Å². The van der Waals surface area contributed by atoms with Gasteiger partial charge >= 0.3 is 5.97 Å². The largest absolute Gasteiger partial charge is 0.465 e. The van der Waals surface area contributed by atoms with Gasteiger partial charge in [-0.2, -0.15) is 0 Å². The number of hydrogen-bond acceptors (Lipinski definition) is 5. The van der Waals surface area contributed by atoms with Gasteiger partial charge < -0.3 is 10.1 Å². The molecule has 6 nitrogen and oxygen atoms in total. The molecule has 0 atom stereocenters. The van der Waals surface area contributed by atoms with Gasteiger partial charge in [-0.15, -0.1) is 0 Å². The first kappa shape index (κ1) is 11.9. The molecule has 0 saturated carbocycles. The smallest absolute Gasteiger partial charge is 0.338 e. The topological polar surface area (TPSA) is 81.5 Å². The molecule has 86 valence electrons. The van der Waals surface area contributed by atoms with E-state index in [1.807, 2.05) is 0 Å². The SMILES string of the molecule is CNc1c(F)cc(C(=O)OC)cc1[N+](=O)[O-]. The van der Waals surface area contributed by atoms with E-state index >= 15 is 0 Å². The third kappa shape index (κ3) is 2.08. The zero-order chi connectivity index (χ0) is 12.3. The second kappa shape index (κ2) is 4.56. The van der Waals surface area contributed by atoms with Crippen molar-refractivity contribution in [3.8, 4) is 0 Å². The first-order valence-electron chi connectivity index (χ1n) is 4.25. The molecular weight excluding hydrogens is 219 g/mol. The van der Waals surface area contributed by atoms with Crippen molar-refractivity contribution in [2.24, 2.45) is 0 Å². The fourth-order valence-electron chi connectivity index (χ4n) is 1.22. The van der Waals surface area contributed by atoms with Crippen molar-refractivity contribution in [2.75, 3.05) is 19.5 Å². The Hall–Kier alpha value is -2.18. The van der Waals surface area contributed by atoms with Gasteiger partial charge in [0.05, 0.1) is 17.6 Å². The normalized spacial score (nSPS) is 9.69. The number of carbonyl (C=O) groups is 1. The summed E-state index contributed by atoms with van der Waals surface area (Å²) < 4.78 is 17.7. The number of benzene rings is 1. The monoisotopic (exact) mass is 228 g/mol. The number of esters is 1. The number of nitrogens with one attached hydrogen (secondary N) is 1. The van der Waals surface area contributed by atoms with Gasteiger partial charge in [-0.3, -0.25) is 10.1 Å². The van der Waals surface area contributed by atoms with Gasteiger partial charge in [-0.05, 0) is 6.07 Å². The lowest BCUT2D eigenvalue weighted by molar-refractivity contribution is -0.384. The number of rotatable bonds is 3. The van der Waals surface area contributed by atoms with Crippen molar-refractivity contribution in [1.82, 2.24) is 0 Å². The third-order valence-corrected chi connectivity index (χ3v) is 1.94. The number of hydrogen-bond donors (Lipinski definition) is 1. The lowest BCUT2D eigenvalue weighted by Crippen LogP contribution is -2.06. The number of nitro benzene ring substituents is 1. The summed E-state index contributed by atoms with van der Waals surface area (Å²) in [5.74, 6) is -1.71. The standard InChI is InChI=1S/C9H9FN2O4/c1-11-8-6(10)3-5(9(13)16-2)4-7(8)12(14)15/h3-4,11H,1-2H3. The summed E-state index contributed by atoms with van der Waals surface area (Å²) in [7, 11) is 2.46. The zero-order valence-corrected chi connectivity index (χ0v) is 8.61. The van der Waals surface area contributed by atoms with Crippen LogP contribution in [0.2, 0.25) is 0 Å². The number of ether oxygens (including phenoxy) is 1. The van der Waals surface area contributed by atoms with Crippen molar-refractivity contribution in [3.05, 3.63) is 33.6 Å². The van der Waals surface area contributed by atoms with Crippen LogP contribution >= 0.6 is 0 Å². The average Bonchev–Trinajstić information content (AvgIpc) is 2.26. The van der Waals surface area contributed by atoms with Crippen LogP contribution in [-0.4, -0.2) is 25.1 Å². The molecule has 0 aliphatic heterocycles. The second-order valence-corrected chi connectivity index (χ2v) is 2.85. The van der Waals surface area contributed by atoms with Crippen LogP contribution in [0.5, 0.6) is 0 Å². The first-order valence-corrected chi connectivity index (χ1v) is 4.25. The van der Waals surface area contributed by atoms with E-state index in [1.54, 1.807) is 0 Å². The molecule has 0 spiro atoms. The van der Waals surface area contributed by atoms with Crippen LogP contribution in [0, 0.1) is 15.9 Å². The Bertz CT molecular complexity index is 447. The molecule has 0 amide bonds. The molecule has 1 rings (SSSR count). The van der Waals surface area contributed by atoms with Crippen LogP contribution in [0.4, 0.5) is 15.8 Å². The number of anilines is 1. The predicted octanol–water partition coefficient (Wildman–Crippen LogP) is 1.56. The minimum Gasteiger partial charge on any atom is -0.465 e. The maximum Gasteiger partial charge on any atom is 0.338 e. The van der Waals surface area contributed by atoms with E-state index in [4.69, 9.17) is 0 Å². The van der Waals surface area contributed by atoms with E-state index in [9.17, 15) is 19.3 Å². The Labute approximate surface area is 90.2 Å². The molecular formula is C9H9FN2O4. The maximum absolute atomic E-state index is 13.4. The Morgan fingerprint density at radius 3 is 2.62 bits per heavy atom. The Morgan fingerprint density at radius 2 is 2.19 bits per heavy atom. The number of nitro groups is 1. The number of methoxy groups -OCH3 is 1. The summed E-state index contributed by atoms with van der Waals surface area (Å²) in [4.78, 5) is 21.0. The molecule has 0 aliphatic carbocycles. The number of halogens is 1. The van der Waals surface area contributed by atoms with E-state index in [0.29, 0.717) is 0 Å². The van der Waals surface area contributed by atoms with Crippen molar-refractivity contribution < 1.29 is 18.8 Å². The Kier molecular flexibility index (Phi) is 3.39. The van der Waals surface area contributed by atoms with Crippen molar-refractivity contribution in [2.45, 2.75) is 0 Å². The first-order chi connectivity index (χ1) is 7.51. The van der Waals surface area contributed by atoms with Crippen molar-refractivity contribution in [3.63, 3.8) is 0 Å². The summed E-state index contributed by atoms with van der Waals surface area (Å²) in [6, 6.07) is 1.84. The maximum atomic E-state index is 13.4. The molecule has 1 N–H and O–H groups in total. The van der Waals surface area contributed by atoms with Crippen molar-refractivity contribution in [1.29, 1.82) is 0 Å². The number of carbonyl (C=O) groups excluding carboxylic acids is 1. The lowest BCUT2D eigenvalue weighted by Gasteiger charge is -2.05. The van der Waals surface area contributed by atoms with Gasteiger partial charge in [0, 0.05) is 13.1 Å². The van der Waals surface area contributed by atoms with Crippen LogP contribution < -0.4 is 5.32 Å². The molecule has 0 heterocycles. The molecule has 0 unspecified atom stereocenters. The molecule has 1 aromatic carbocycles. The second-order valence-electron chi connectivity index (χ2n) is 2.85. The van der Waals surface area contributed by atoms with Gasteiger partial charge in [0.15, 0.2) is 5.82 Å². The summed E-state index contributed by atoms with van der Waals surface area (Å²) in [6.45, 7) is 0. The summed E-state index contributed by atoms with van der Waals surface area (Å²) >= 11 is 0. The van der Waals surface area contributed by atoms with Gasteiger partial charge in [0.25, 0.3) is 5.69 Å². The average molecular weight is 228 g/mol. The highest BCUT2D eigenvalue weighted by atomic mass is 19.1.